The van der Waals surface area contributed by atoms with Crippen molar-refractivity contribution in [1.82, 2.24) is 5.32 Å². The average molecular weight is 640 g/mol. The summed E-state index contributed by atoms with van der Waals surface area (Å²) < 4.78 is 5.88. The van der Waals surface area contributed by atoms with Crippen LogP contribution in [-0.2, 0) is 9.53 Å². The predicted octanol–water partition coefficient (Wildman–Crippen LogP) is 2.00. The van der Waals surface area contributed by atoms with Crippen molar-refractivity contribution in [2.75, 3.05) is 0 Å². The molecule has 1 amide bonds. The molecule has 0 spiro atoms. The second kappa shape index (κ2) is 13.4. The molecule has 4 heterocycles. The van der Waals surface area contributed by atoms with Gasteiger partial charge in [-0.1, -0.05) is 52.0 Å². The first-order chi connectivity index (χ1) is 21.5. The molecule has 1 aliphatic carbocycles. The van der Waals surface area contributed by atoms with E-state index < -0.39 is 117 Å². The summed E-state index contributed by atoms with van der Waals surface area (Å²) in [5, 5.41) is 68.4. The van der Waals surface area contributed by atoms with Gasteiger partial charge < -0.3 is 40.7 Å². The van der Waals surface area contributed by atoms with E-state index in [0.29, 0.717) is 0 Å². The van der Waals surface area contributed by atoms with Gasteiger partial charge in [0, 0.05) is 41.4 Å². The minimum atomic E-state index is -1.62. The third-order valence-electron chi connectivity index (χ3n) is 9.49. The number of benzene rings is 1. The molecular weight excluding hydrogens is 598 g/mol. The summed E-state index contributed by atoms with van der Waals surface area (Å²) in [4.78, 5) is 53.2. The lowest BCUT2D eigenvalue weighted by molar-refractivity contribution is -0.254. The number of Topliss-reactive ketones (excluding diaryl/α,β-unsaturated/α-hetero) is 2. The molecule has 1 aromatic rings. The Morgan fingerprint density at radius 3 is 1.96 bits per heavy atom. The smallest absolute Gasteiger partial charge is 0.248 e. The van der Waals surface area contributed by atoms with Gasteiger partial charge in [0.05, 0.1) is 52.7 Å². The van der Waals surface area contributed by atoms with E-state index in [2.05, 4.69) is 5.32 Å². The van der Waals surface area contributed by atoms with Crippen molar-refractivity contribution in [3.8, 4) is 11.5 Å². The van der Waals surface area contributed by atoms with Gasteiger partial charge in [-0.25, -0.2) is 0 Å². The fourth-order valence-electron chi connectivity index (χ4n) is 6.49. The molecule has 4 aliphatic heterocycles. The van der Waals surface area contributed by atoms with Crippen LogP contribution in [0.25, 0.3) is 0 Å². The van der Waals surface area contributed by atoms with Gasteiger partial charge in [0.1, 0.15) is 11.5 Å². The van der Waals surface area contributed by atoms with E-state index in [1.807, 2.05) is 0 Å². The number of phenolic OH excluding ortho intramolecular Hbond substituents is 2. The molecular formula is C34H41NO11. The maximum absolute atomic E-state index is 13.8. The van der Waals surface area contributed by atoms with Crippen molar-refractivity contribution in [2.45, 2.75) is 72.2 Å². The number of aromatic hydroxyl groups is 2. The molecule has 7 N–H and O–H groups in total. The summed E-state index contributed by atoms with van der Waals surface area (Å²) in [6.45, 7) is 9.30. The number of nitrogens with one attached hydrogen (secondary N) is 1. The normalized spacial score (nSPS) is 34.4. The topological polar surface area (TPSA) is 211 Å². The van der Waals surface area contributed by atoms with E-state index in [-0.39, 0.29) is 11.1 Å². The molecule has 0 saturated carbocycles. The predicted molar refractivity (Wildman–Crippen MR) is 165 cm³/mol. The van der Waals surface area contributed by atoms with E-state index >= 15 is 0 Å². The lowest BCUT2D eigenvalue weighted by Gasteiger charge is -2.45. The Morgan fingerprint density at radius 1 is 0.739 bits per heavy atom. The van der Waals surface area contributed by atoms with E-state index in [0.717, 1.165) is 12.2 Å². The Morgan fingerprint density at radius 2 is 1.33 bits per heavy atom. The number of carbonyl (C=O) groups is 4. The molecule has 1 unspecified atom stereocenters. The molecule has 0 radical (unpaired) electrons. The van der Waals surface area contributed by atoms with Gasteiger partial charge in [0.25, 0.3) is 0 Å². The van der Waals surface area contributed by atoms with Crippen LogP contribution in [0.1, 0.15) is 71.3 Å². The van der Waals surface area contributed by atoms with Crippen molar-refractivity contribution in [3.05, 3.63) is 70.0 Å². The molecule has 1 fully saturated rings. The molecule has 10 atom stereocenters. The minimum absolute atomic E-state index is 0.113. The van der Waals surface area contributed by atoms with Gasteiger partial charge in [-0.2, -0.15) is 0 Å². The molecule has 12 nitrogen and oxygen atoms in total. The van der Waals surface area contributed by atoms with Crippen LogP contribution in [0.3, 0.4) is 0 Å². The van der Waals surface area contributed by atoms with Crippen LogP contribution in [0.15, 0.2) is 47.7 Å². The molecule has 6 bridgehead atoms. The van der Waals surface area contributed by atoms with Crippen molar-refractivity contribution in [1.29, 1.82) is 0 Å². The zero-order valence-electron chi connectivity index (χ0n) is 26.5. The number of ketones is 3. The largest absolute Gasteiger partial charge is 0.507 e. The molecule has 1 saturated heterocycles. The Labute approximate surface area is 266 Å². The number of phenols is 2. The second-order valence-corrected chi connectivity index (χ2v) is 12.6. The first-order valence-electron chi connectivity index (χ1n) is 15.1. The summed E-state index contributed by atoms with van der Waals surface area (Å²) in [6.07, 6.45) is 1.72. The third kappa shape index (κ3) is 6.23. The lowest BCUT2D eigenvalue weighted by atomic mass is 9.75. The molecule has 1 aromatic carbocycles. The molecule has 248 valence electrons. The van der Waals surface area contributed by atoms with Crippen LogP contribution >= 0.6 is 0 Å². The van der Waals surface area contributed by atoms with E-state index in [4.69, 9.17) is 4.74 Å². The van der Waals surface area contributed by atoms with E-state index in [1.165, 1.54) is 32.1 Å². The van der Waals surface area contributed by atoms with Gasteiger partial charge in [-0.3, -0.25) is 19.2 Å². The summed E-state index contributed by atoms with van der Waals surface area (Å²) in [6, 6.07) is 0. The number of carbonyl (C=O) groups excluding carboxylic acids is 4. The zero-order chi connectivity index (χ0) is 34.4. The van der Waals surface area contributed by atoms with Gasteiger partial charge >= 0.3 is 0 Å². The minimum Gasteiger partial charge on any atom is -0.507 e. The average Bonchev–Trinajstić information content (AvgIpc) is 3.01. The van der Waals surface area contributed by atoms with E-state index in [9.17, 15) is 49.8 Å². The van der Waals surface area contributed by atoms with Crippen LogP contribution in [-0.4, -0.2) is 84.6 Å². The summed E-state index contributed by atoms with van der Waals surface area (Å²) in [5.74, 6) is -8.66. The monoisotopic (exact) mass is 639 g/mol. The van der Waals surface area contributed by atoms with Crippen molar-refractivity contribution >= 4 is 23.3 Å². The SMILES string of the molecule is CC1=C[C@@H]2C(O)O[C@H]([C@@H](C)[C@@H](O)[C@H](C)[C@@H](O)[C@@H](C)C=CC=CC(=O)NC3=CC(=O)c4c(c(O)c(C)c(O)c4C3=O)C1=O)[C@@H](C)[C@H]2O. The Balaban J connectivity index is 1.86. The number of aliphatic hydroxyl groups is 4. The number of rotatable bonds is 0. The van der Waals surface area contributed by atoms with Crippen molar-refractivity contribution in [2.24, 2.45) is 29.6 Å². The first kappa shape index (κ1) is 34.9. The number of fused-ring (bicyclic) bond motifs is 1. The van der Waals surface area contributed by atoms with E-state index in [1.54, 1.807) is 33.8 Å². The number of hydrogen-bond acceptors (Lipinski definition) is 11. The molecule has 12 heteroatoms. The number of amides is 1. The van der Waals surface area contributed by atoms with Crippen LogP contribution in [0.4, 0.5) is 0 Å². The Bertz CT molecular complexity index is 1570. The number of hydrogen-bond donors (Lipinski definition) is 7. The maximum Gasteiger partial charge on any atom is 0.248 e. The number of aliphatic hydroxyl groups excluding tert-OH is 4. The third-order valence-corrected chi connectivity index (χ3v) is 9.49. The Kier molecular flexibility index (Phi) is 10.2. The van der Waals surface area contributed by atoms with Gasteiger partial charge in [-0.05, 0) is 19.4 Å². The van der Waals surface area contributed by atoms with Gasteiger partial charge in [0.2, 0.25) is 11.7 Å². The molecule has 5 aliphatic rings. The van der Waals surface area contributed by atoms with Gasteiger partial charge in [-0.15, -0.1) is 0 Å². The molecule has 0 aromatic heterocycles. The maximum atomic E-state index is 13.8. The molecule has 6 rings (SSSR count). The highest BCUT2D eigenvalue weighted by molar-refractivity contribution is 6.31. The first-order valence-corrected chi connectivity index (χ1v) is 15.1. The quantitative estimate of drug-likeness (QED) is 0.218. The van der Waals surface area contributed by atoms with Crippen LogP contribution < -0.4 is 5.32 Å². The molecule has 46 heavy (non-hydrogen) atoms. The van der Waals surface area contributed by atoms with Crippen molar-refractivity contribution < 1.29 is 54.6 Å². The van der Waals surface area contributed by atoms with Gasteiger partial charge in [0.15, 0.2) is 17.9 Å². The highest BCUT2D eigenvalue weighted by Gasteiger charge is 2.46. The fourth-order valence-corrected chi connectivity index (χ4v) is 6.49. The standard InChI is InChI=1S/C34H41NO11/c1-13-9-7-8-10-22(37)35-20-12-21(36)23-24(30(42)16(4)31(43)25(23)32(20)44)27(39)14(2)11-19-29(41)18(6)33(46-34(19)45)17(5)28(40)15(3)26(13)38/h7-13,15,17-19,26,28-29,33-34,38,40-43,45H,1-6H3,(H,35,37)/t13-,15+,17-,18-,19-,26-,28-,29+,33+,34?/m0/s1. The zero-order valence-corrected chi connectivity index (χ0v) is 26.5. The lowest BCUT2D eigenvalue weighted by Crippen LogP contribution is -2.54. The number of allylic oxidation sites excluding steroid dienone is 5. The fraction of sp³-hybridized carbons (Fsp3) is 0.471. The number of ether oxygens (including phenoxy) is 1. The second-order valence-electron chi connectivity index (χ2n) is 12.6. The summed E-state index contributed by atoms with van der Waals surface area (Å²) in [7, 11) is 0. The highest BCUT2D eigenvalue weighted by atomic mass is 16.6. The summed E-state index contributed by atoms with van der Waals surface area (Å²) >= 11 is 0. The Hall–Kier alpha value is -3.94. The van der Waals surface area contributed by atoms with Crippen LogP contribution in [0.2, 0.25) is 0 Å². The van der Waals surface area contributed by atoms with Crippen molar-refractivity contribution in [3.63, 3.8) is 0 Å². The van der Waals surface area contributed by atoms with Crippen LogP contribution in [0, 0.1) is 36.5 Å². The summed E-state index contributed by atoms with van der Waals surface area (Å²) in [5.41, 5.74) is -2.52. The van der Waals surface area contributed by atoms with Crippen LogP contribution in [0.5, 0.6) is 11.5 Å². The highest BCUT2D eigenvalue weighted by Crippen LogP contribution is 2.42.